The second-order valence-electron chi connectivity index (χ2n) is 9.27. The van der Waals surface area contributed by atoms with Gasteiger partial charge in [-0.3, -0.25) is 14.9 Å². The number of fused-ring (bicyclic) bond motifs is 1. The Morgan fingerprint density at radius 3 is 2.17 bits per heavy atom. The molecule has 11 nitrogen and oxygen atoms in total. The van der Waals surface area contributed by atoms with E-state index in [0.29, 0.717) is 35.3 Å². The van der Waals surface area contributed by atoms with Crippen molar-refractivity contribution < 1.29 is 30.7 Å². The van der Waals surface area contributed by atoms with Crippen LogP contribution in [0.15, 0.2) is 71.6 Å². The van der Waals surface area contributed by atoms with E-state index >= 15 is 0 Å². The zero-order chi connectivity index (χ0) is 29.2. The van der Waals surface area contributed by atoms with Gasteiger partial charge in [0.2, 0.25) is 10.0 Å². The molecule has 212 valence electrons. The maximum atomic E-state index is 13.8. The number of non-ortho nitro benzene ring substituents is 1. The smallest absolute Gasteiger partial charge is 0.306 e. The molecule has 1 atom stereocenters. The summed E-state index contributed by atoms with van der Waals surface area (Å²) in [6, 6.07) is 15.3. The van der Waals surface area contributed by atoms with E-state index in [1.807, 2.05) is 13.8 Å². The molecule has 0 saturated heterocycles. The van der Waals surface area contributed by atoms with Gasteiger partial charge in [0.05, 0.1) is 22.1 Å². The van der Waals surface area contributed by atoms with Crippen molar-refractivity contribution in [3.63, 3.8) is 0 Å². The maximum Gasteiger partial charge on any atom is 0.306 e. The Bertz CT molecular complexity index is 1630. The predicted octanol–water partition coefficient (Wildman–Crippen LogP) is 3.75. The van der Waals surface area contributed by atoms with Crippen LogP contribution < -0.4 is 4.18 Å². The molecule has 1 aliphatic heterocycles. The van der Waals surface area contributed by atoms with Crippen LogP contribution in [0.4, 0.5) is 5.69 Å². The van der Waals surface area contributed by atoms with E-state index in [0.717, 1.165) is 18.4 Å². The fourth-order valence-corrected chi connectivity index (χ4v) is 6.84. The summed E-state index contributed by atoms with van der Waals surface area (Å²) in [4.78, 5) is 24.9. The lowest BCUT2D eigenvalue weighted by molar-refractivity contribution is -0.384. The lowest BCUT2D eigenvalue weighted by Crippen LogP contribution is -2.40. The molecule has 0 spiro atoms. The molecule has 1 unspecified atom stereocenters. The molecule has 0 saturated carbocycles. The summed E-state index contributed by atoms with van der Waals surface area (Å²) in [5, 5.41) is 11.1. The first-order chi connectivity index (χ1) is 18.9. The molecule has 1 aliphatic rings. The third kappa shape index (κ3) is 6.01. The van der Waals surface area contributed by atoms with E-state index in [2.05, 4.69) is 0 Å². The van der Waals surface area contributed by atoms with Crippen molar-refractivity contribution in [2.45, 2.75) is 31.2 Å². The second kappa shape index (κ2) is 11.4. The van der Waals surface area contributed by atoms with Crippen LogP contribution in [-0.2, 0) is 26.6 Å². The number of nitrogens with zero attached hydrogens (tertiary/aromatic N) is 3. The SMILES string of the molecule is CCN(CC)C(=O)c1ccc(C2c3ccc(OS(C)(=O)=O)cc3CCN2S(=O)(=O)c2ccc([N+](=O)[O-])cc2)cc1. The normalized spacial score (nSPS) is 15.7. The molecule has 40 heavy (non-hydrogen) atoms. The average molecular weight is 588 g/mol. The molecule has 0 fully saturated rings. The highest BCUT2D eigenvalue weighted by molar-refractivity contribution is 7.89. The Hall–Kier alpha value is -3.81. The quantitative estimate of drug-likeness (QED) is 0.209. The van der Waals surface area contributed by atoms with Gasteiger partial charge in [0.15, 0.2) is 0 Å². The highest BCUT2D eigenvalue weighted by Crippen LogP contribution is 2.40. The van der Waals surface area contributed by atoms with E-state index in [4.69, 9.17) is 4.18 Å². The van der Waals surface area contributed by atoms with E-state index < -0.39 is 31.1 Å². The maximum absolute atomic E-state index is 13.8. The summed E-state index contributed by atoms with van der Waals surface area (Å²) in [6.07, 6.45) is 1.21. The Balaban J connectivity index is 1.80. The minimum absolute atomic E-state index is 0.0550. The molecule has 0 aliphatic carbocycles. The summed E-state index contributed by atoms with van der Waals surface area (Å²) < 4.78 is 57.4. The van der Waals surface area contributed by atoms with Gasteiger partial charge in [-0.25, -0.2) is 8.42 Å². The molecule has 1 heterocycles. The van der Waals surface area contributed by atoms with Crippen LogP contribution in [0.25, 0.3) is 0 Å². The number of carbonyl (C=O) groups excluding carboxylic acids is 1. The van der Waals surface area contributed by atoms with Crippen LogP contribution in [-0.4, -0.2) is 62.8 Å². The van der Waals surface area contributed by atoms with Crippen molar-refractivity contribution in [2.75, 3.05) is 25.9 Å². The average Bonchev–Trinajstić information content (AvgIpc) is 2.92. The minimum atomic E-state index is -4.12. The molecule has 1 amide bonds. The number of rotatable bonds is 9. The zero-order valence-corrected chi connectivity index (χ0v) is 23.8. The van der Waals surface area contributed by atoms with Crippen LogP contribution in [0, 0.1) is 10.1 Å². The van der Waals surface area contributed by atoms with Crippen LogP contribution in [0.5, 0.6) is 5.75 Å². The van der Waals surface area contributed by atoms with Gasteiger partial charge in [0.1, 0.15) is 5.75 Å². The number of nitro benzene ring substituents is 1. The molecule has 13 heteroatoms. The van der Waals surface area contributed by atoms with Crippen molar-refractivity contribution in [1.82, 2.24) is 9.21 Å². The number of carbonyl (C=O) groups is 1. The highest BCUT2D eigenvalue weighted by Gasteiger charge is 2.38. The summed E-state index contributed by atoms with van der Waals surface area (Å²) in [5.41, 5.74) is 2.17. The van der Waals surface area contributed by atoms with Crippen molar-refractivity contribution in [3.8, 4) is 5.75 Å². The summed E-state index contributed by atoms with van der Waals surface area (Å²) in [7, 11) is -7.89. The predicted molar refractivity (Wildman–Crippen MR) is 148 cm³/mol. The first kappa shape index (κ1) is 29.2. The minimum Gasteiger partial charge on any atom is -0.383 e. The van der Waals surface area contributed by atoms with Crippen LogP contribution in [0.3, 0.4) is 0 Å². The number of sulfonamides is 1. The van der Waals surface area contributed by atoms with Gasteiger partial charge in [0.25, 0.3) is 11.6 Å². The first-order valence-electron chi connectivity index (χ1n) is 12.5. The molecule has 0 N–H and O–H groups in total. The summed E-state index contributed by atoms with van der Waals surface area (Å²) in [6.45, 7) is 4.92. The molecule has 3 aromatic carbocycles. The Morgan fingerprint density at radius 1 is 1.00 bits per heavy atom. The Labute approximate surface area is 233 Å². The molecule has 0 aromatic heterocycles. The Kier molecular flexibility index (Phi) is 8.28. The van der Waals surface area contributed by atoms with E-state index in [-0.39, 0.29) is 35.2 Å². The van der Waals surface area contributed by atoms with Crippen LogP contribution in [0.1, 0.15) is 46.9 Å². The molecule has 3 aromatic rings. The monoisotopic (exact) mass is 587 g/mol. The van der Waals surface area contributed by atoms with Crippen LogP contribution >= 0.6 is 0 Å². The topological polar surface area (TPSA) is 144 Å². The number of hydrogen-bond donors (Lipinski definition) is 0. The van der Waals surface area contributed by atoms with Crippen molar-refractivity contribution in [1.29, 1.82) is 0 Å². The molecular formula is C27H29N3O8S2. The third-order valence-corrected chi connectivity index (χ3v) is 9.10. The van der Waals surface area contributed by atoms with Gasteiger partial charge >= 0.3 is 10.1 Å². The first-order valence-corrected chi connectivity index (χ1v) is 15.8. The van der Waals surface area contributed by atoms with Crippen molar-refractivity contribution in [3.05, 3.63) is 99.1 Å². The van der Waals surface area contributed by atoms with Gasteiger partial charge in [-0.1, -0.05) is 18.2 Å². The zero-order valence-electron chi connectivity index (χ0n) is 22.2. The second-order valence-corrected chi connectivity index (χ2v) is 12.7. The highest BCUT2D eigenvalue weighted by atomic mass is 32.2. The number of hydrogen-bond acceptors (Lipinski definition) is 8. The number of amides is 1. The van der Waals surface area contributed by atoms with Crippen molar-refractivity contribution in [2.24, 2.45) is 0 Å². The van der Waals surface area contributed by atoms with Crippen molar-refractivity contribution >= 4 is 31.7 Å². The summed E-state index contributed by atoms with van der Waals surface area (Å²) >= 11 is 0. The standard InChI is InChI=1S/C27H29N3O8S2/c1-4-28(5-2)27(31)20-8-6-19(7-9-20)26-25-15-12-23(38-39(3,34)35)18-21(25)16-17-29(26)40(36,37)24-13-10-22(11-14-24)30(32)33/h6-15,18,26H,4-5,16-17H2,1-3H3. The molecule has 0 radical (unpaired) electrons. The lowest BCUT2D eigenvalue weighted by atomic mass is 9.89. The number of nitro groups is 1. The summed E-state index contributed by atoms with van der Waals surface area (Å²) in [5.74, 6) is -0.0228. The fourth-order valence-electron chi connectivity index (χ4n) is 4.79. The largest absolute Gasteiger partial charge is 0.383 e. The van der Waals surface area contributed by atoms with E-state index in [1.165, 1.54) is 22.5 Å². The Morgan fingerprint density at radius 2 is 1.62 bits per heavy atom. The van der Waals surface area contributed by atoms with Gasteiger partial charge < -0.3 is 9.08 Å². The van der Waals surface area contributed by atoms with Gasteiger partial charge in [-0.15, -0.1) is 0 Å². The van der Waals surface area contributed by atoms with E-state index in [9.17, 15) is 31.7 Å². The fraction of sp³-hybridized carbons (Fsp3) is 0.296. The molecule has 4 rings (SSSR count). The molecular weight excluding hydrogens is 558 g/mol. The van der Waals surface area contributed by atoms with Gasteiger partial charge in [0, 0.05) is 37.3 Å². The van der Waals surface area contributed by atoms with Crippen LogP contribution in [0.2, 0.25) is 0 Å². The lowest BCUT2D eigenvalue weighted by Gasteiger charge is -2.37. The van der Waals surface area contributed by atoms with Gasteiger partial charge in [-0.2, -0.15) is 12.7 Å². The van der Waals surface area contributed by atoms with E-state index in [1.54, 1.807) is 41.3 Å². The van der Waals surface area contributed by atoms with Gasteiger partial charge in [-0.05, 0) is 73.4 Å². The number of benzene rings is 3. The molecule has 0 bridgehead atoms. The third-order valence-electron chi connectivity index (χ3n) is 6.72.